The molecule has 0 aromatic heterocycles. The summed E-state index contributed by atoms with van der Waals surface area (Å²) in [5, 5.41) is 8.88. The first-order valence-corrected chi connectivity index (χ1v) is 9.97. The molecule has 31 heavy (non-hydrogen) atoms. The first kappa shape index (κ1) is 20.2. The number of rotatable bonds is 6. The number of carbonyl (C=O) groups excluding carboxylic acids is 2. The first-order valence-electron chi connectivity index (χ1n) is 9.97. The molecule has 1 heterocycles. The Morgan fingerprint density at radius 1 is 0.903 bits per heavy atom. The maximum atomic E-state index is 12.1. The van der Waals surface area contributed by atoms with Crippen LogP contribution >= 0.6 is 0 Å². The molecule has 0 atom stereocenters. The zero-order chi connectivity index (χ0) is 21.6. The molecule has 3 aromatic carbocycles. The van der Waals surface area contributed by atoms with Gasteiger partial charge in [0.25, 0.3) is 0 Å². The molecule has 0 saturated carbocycles. The molecular formula is C25H20N2O4. The Hall–Kier alpha value is -4.11. The van der Waals surface area contributed by atoms with E-state index >= 15 is 0 Å². The third-order valence-electron chi connectivity index (χ3n) is 5.01. The third kappa shape index (κ3) is 4.90. The Morgan fingerprint density at radius 3 is 2.10 bits per heavy atom. The molecular weight excluding hydrogens is 392 g/mol. The van der Waals surface area contributed by atoms with Crippen LogP contribution in [0.15, 0.2) is 72.8 Å². The average molecular weight is 412 g/mol. The van der Waals surface area contributed by atoms with E-state index in [9.17, 15) is 9.59 Å². The van der Waals surface area contributed by atoms with Crippen LogP contribution in [-0.2, 0) is 9.59 Å². The standard InChI is InChI=1S/C25H20N2O4/c26-16-18-3-5-19(6-4-18)20-7-11-23(12-8-20)31-25(29)17-30-22-13-9-21(10-14-22)27-15-1-2-24(27)28/h3-14H,1-2,15,17H2. The van der Waals surface area contributed by atoms with Crippen LogP contribution in [0.1, 0.15) is 18.4 Å². The molecule has 0 radical (unpaired) electrons. The maximum Gasteiger partial charge on any atom is 0.349 e. The normalized spacial score (nSPS) is 13.0. The van der Waals surface area contributed by atoms with E-state index in [-0.39, 0.29) is 12.5 Å². The minimum absolute atomic E-state index is 0.127. The Kier molecular flexibility index (Phi) is 5.95. The van der Waals surface area contributed by atoms with Crippen molar-refractivity contribution >= 4 is 17.6 Å². The fraction of sp³-hybridized carbons (Fsp3) is 0.160. The lowest BCUT2D eigenvalue weighted by Crippen LogP contribution is -2.23. The van der Waals surface area contributed by atoms with Crippen LogP contribution in [-0.4, -0.2) is 25.0 Å². The van der Waals surface area contributed by atoms with Gasteiger partial charge >= 0.3 is 5.97 Å². The van der Waals surface area contributed by atoms with Crippen LogP contribution in [0.3, 0.4) is 0 Å². The highest BCUT2D eigenvalue weighted by Crippen LogP contribution is 2.25. The first-order chi connectivity index (χ1) is 15.1. The van der Waals surface area contributed by atoms with Gasteiger partial charge in [-0.05, 0) is 66.1 Å². The zero-order valence-electron chi connectivity index (χ0n) is 16.8. The molecule has 3 aromatic rings. The third-order valence-corrected chi connectivity index (χ3v) is 5.01. The summed E-state index contributed by atoms with van der Waals surface area (Å²) < 4.78 is 10.8. The van der Waals surface area contributed by atoms with Gasteiger partial charge in [-0.2, -0.15) is 5.26 Å². The summed E-state index contributed by atoms with van der Waals surface area (Å²) in [5.41, 5.74) is 3.37. The molecule has 0 bridgehead atoms. The number of hydrogen-bond donors (Lipinski definition) is 0. The summed E-state index contributed by atoms with van der Waals surface area (Å²) >= 11 is 0. The largest absolute Gasteiger partial charge is 0.482 e. The van der Waals surface area contributed by atoms with Crippen molar-refractivity contribution in [3.05, 3.63) is 78.4 Å². The average Bonchev–Trinajstić information content (AvgIpc) is 3.24. The molecule has 1 aliphatic rings. The van der Waals surface area contributed by atoms with Crippen LogP contribution < -0.4 is 14.4 Å². The van der Waals surface area contributed by atoms with Gasteiger partial charge in [-0.1, -0.05) is 24.3 Å². The molecule has 0 aliphatic carbocycles. The minimum Gasteiger partial charge on any atom is -0.482 e. The minimum atomic E-state index is -0.509. The van der Waals surface area contributed by atoms with Gasteiger partial charge < -0.3 is 14.4 Å². The van der Waals surface area contributed by atoms with Crippen molar-refractivity contribution in [1.29, 1.82) is 5.26 Å². The van der Waals surface area contributed by atoms with E-state index in [0.717, 1.165) is 29.8 Å². The lowest BCUT2D eigenvalue weighted by Gasteiger charge is -2.16. The van der Waals surface area contributed by atoms with E-state index in [1.165, 1.54) is 0 Å². The highest BCUT2D eigenvalue weighted by molar-refractivity contribution is 5.95. The van der Waals surface area contributed by atoms with Gasteiger partial charge in [0.15, 0.2) is 6.61 Å². The second-order valence-corrected chi connectivity index (χ2v) is 7.12. The van der Waals surface area contributed by atoms with E-state index in [2.05, 4.69) is 6.07 Å². The van der Waals surface area contributed by atoms with E-state index in [4.69, 9.17) is 14.7 Å². The van der Waals surface area contributed by atoms with E-state index in [0.29, 0.717) is 23.5 Å². The van der Waals surface area contributed by atoms with Crippen LogP contribution in [0.4, 0.5) is 5.69 Å². The number of hydrogen-bond acceptors (Lipinski definition) is 5. The van der Waals surface area contributed by atoms with Crippen molar-refractivity contribution in [2.45, 2.75) is 12.8 Å². The number of nitrogens with zero attached hydrogens (tertiary/aromatic N) is 2. The molecule has 0 N–H and O–H groups in total. The van der Waals surface area contributed by atoms with Crippen LogP contribution in [0.2, 0.25) is 0 Å². The fourth-order valence-electron chi connectivity index (χ4n) is 3.40. The van der Waals surface area contributed by atoms with Crippen molar-refractivity contribution in [2.24, 2.45) is 0 Å². The lowest BCUT2D eigenvalue weighted by atomic mass is 10.0. The maximum absolute atomic E-state index is 12.1. The van der Waals surface area contributed by atoms with Crippen molar-refractivity contribution in [1.82, 2.24) is 0 Å². The topological polar surface area (TPSA) is 79.6 Å². The Balaban J connectivity index is 1.29. The monoisotopic (exact) mass is 412 g/mol. The van der Waals surface area contributed by atoms with Crippen molar-refractivity contribution < 1.29 is 19.1 Å². The van der Waals surface area contributed by atoms with Gasteiger partial charge in [-0.25, -0.2) is 4.79 Å². The summed E-state index contributed by atoms with van der Waals surface area (Å²) in [6.07, 6.45) is 1.45. The summed E-state index contributed by atoms with van der Waals surface area (Å²) in [6, 6.07) is 23.6. The summed E-state index contributed by atoms with van der Waals surface area (Å²) in [4.78, 5) is 25.6. The Bertz CT molecular complexity index is 1110. The molecule has 1 saturated heterocycles. The highest BCUT2D eigenvalue weighted by Gasteiger charge is 2.21. The van der Waals surface area contributed by atoms with Crippen molar-refractivity contribution in [2.75, 3.05) is 18.1 Å². The Morgan fingerprint density at radius 2 is 1.52 bits per heavy atom. The molecule has 154 valence electrons. The fourth-order valence-corrected chi connectivity index (χ4v) is 3.40. The molecule has 6 heteroatoms. The Labute approximate surface area is 180 Å². The van der Waals surface area contributed by atoms with Crippen molar-refractivity contribution in [3.8, 4) is 28.7 Å². The quantitative estimate of drug-likeness (QED) is 0.445. The van der Waals surface area contributed by atoms with Crippen LogP contribution in [0.5, 0.6) is 11.5 Å². The van der Waals surface area contributed by atoms with Gasteiger partial charge in [-0.15, -0.1) is 0 Å². The molecule has 0 spiro atoms. The van der Waals surface area contributed by atoms with Gasteiger partial charge in [0, 0.05) is 18.7 Å². The number of benzene rings is 3. The van der Waals surface area contributed by atoms with Crippen LogP contribution in [0, 0.1) is 11.3 Å². The van der Waals surface area contributed by atoms with Crippen LogP contribution in [0.25, 0.3) is 11.1 Å². The highest BCUT2D eigenvalue weighted by atomic mass is 16.6. The lowest BCUT2D eigenvalue weighted by molar-refractivity contribution is -0.136. The number of carbonyl (C=O) groups is 2. The van der Waals surface area contributed by atoms with E-state index in [1.807, 2.05) is 36.4 Å². The summed E-state index contributed by atoms with van der Waals surface area (Å²) in [7, 11) is 0. The molecule has 4 rings (SSSR count). The van der Waals surface area contributed by atoms with Gasteiger partial charge in [0.2, 0.25) is 5.91 Å². The summed E-state index contributed by atoms with van der Waals surface area (Å²) in [6.45, 7) is 0.509. The predicted octanol–water partition coefficient (Wildman–Crippen LogP) is 4.34. The van der Waals surface area contributed by atoms with Crippen molar-refractivity contribution in [3.63, 3.8) is 0 Å². The summed E-state index contributed by atoms with van der Waals surface area (Å²) in [5.74, 6) is 0.574. The number of amides is 1. The number of nitriles is 1. The zero-order valence-corrected chi connectivity index (χ0v) is 16.8. The second kappa shape index (κ2) is 9.14. The second-order valence-electron chi connectivity index (χ2n) is 7.12. The van der Waals surface area contributed by atoms with Gasteiger partial charge in [0.05, 0.1) is 11.6 Å². The smallest absolute Gasteiger partial charge is 0.349 e. The number of esters is 1. The molecule has 6 nitrogen and oxygen atoms in total. The number of anilines is 1. The predicted molar refractivity (Wildman–Crippen MR) is 116 cm³/mol. The SMILES string of the molecule is N#Cc1ccc(-c2ccc(OC(=O)COc3ccc(N4CCCC4=O)cc3)cc2)cc1. The number of ether oxygens (including phenoxy) is 2. The molecule has 1 aliphatic heterocycles. The molecule has 1 fully saturated rings. The molecule has 0 unspecified atom stereocenters. The molecule has 1 amide bonds. The van der Waals surface area contributed by atoms with E-state index < -0.39 is 5.97 Å². The van der Waals surface area contributed by atoms with Gasteiger partial charge in [-0.3, -0.25) is 4.79 Å². The van der Waals surface area contributed by atoms with E-state index in [1.54, 1.807) is 41.3 Å². The van der Waals surface area contributed by atoms with Gasteiger partial charge in [0.1, 0.15) is 11.5 Å².